The number of hydrogen-bond acceptors (Lipinski definition) is 2. The smallest absolute Gasteiger partial charge is 0.0406 e. The molecule has 100 valence electrons. The molecular weight excluding hydrogens is 232 g/mol. The van der Waals surface area contributed by atoms with Crippen molar-refractivity contribution in [1.29, 1.82) is 0 Å². The average molecular weight is 254 g/mol. The summed E-state index contributed by atoms with van der Waals surface area (Å²) in [4.78, 5) is 0. The van der Waals surface area contributed by atoms with Gasteiger partial charge in [0.2, 0.25) is 0 Å². The Labute approximate surface area is 115 Å². The maximum absolute atomic E-state index is 5.78. The van der Waals surface area contributed by atoms with Gasteiger partial charge in [0.15, 0.2) is 0 Å². The Bertz CT molecular complexity index is 488. The van der Waals surface area contributed by atoms with Gasteiger partial charge < -0.3 is 11.1 Å². The van der Waals surface area contributed by atoms with Crippen molar-refractivity contribution in [2.24, 2.45) is 11.7 Å². The summed E-state index contributed by atoms with van der Waals surface area (Å²) in [5.41, 5.74) is 9.39. The molecule has 1 atom stereocenters. The standard InChI is InChI=1S/C17H22N2/c1-13(2)17(12-18)19-16-10-8-15(9-11-16)14-6-4-3-5-7-14/h3-11,13,17,19H,12,18H2,1-2H3. The molecule has 0 saturated carbocycles. The molecule has 2 rings (SSSR count). The molecule has 0 heterocycles. The molecule has 0 aliphatic carbocycles. The Hall–Kier alpha value is -1.80. The molecule has 0 radical (unpaired) electrons. The summed E-state index contributed by atoms with van der Waals surface area (Å²) in [6, 6.07) is 19.3. The second-order valence-corrected chi connectivity index (χ2v) is 5.17. The zero-order valence-corrected chi connectivity index (χ0v) is 11.6. The van der Waals surface area contributed by atoms with Crippen LogP contribution in [0.4, 0.5) is 5.69 Å². The molecule has 1 unspecified atom stereocenters. The van der Waals surface area contributed by atoms with E-state index in [9.17, 15) is 0 Å². The van der Waals surface area contributed by atoms with E-state index in [4.69, 9.17) is 5.73 Å². The molecule has 2 aromatic rings. The molecule has 0 amide bonds. The molecule has 0 fully saturated rings. The summed E-state index contributed by atoms with van der Waals surface area (Å²) in [5, 5.41) is 3.48. The van der Waals surface area contributed by atoms with Crippen LogP contribution in [0.5, 0.6) is 0 Å². The van der Waals surface area contributed by atoms with Crippen LogP contribution in [0.15, 0.2) is 54.6 Å². The van der Waals surface area contributed by atoms with Crippen molar-refractivity contribution in [1.82, 2.24) is 0 Å². The molecule has 3 N–H and O–H groups in total. The van der Waals surface area contributed by atoms with Crippen LogP contribution in [-0.2, 0) is 0 Å². The van der Waals surface area contributed by atoms with Crippen LogP contribution in [0.25, 0.3) is 11.1 Å². The van der Waals surface area contributed by atoms with Gasteiger partial charge in [-0.05, 0) is 29.2 Å². The predicted octanol–water partition coefficient (Wildman–Crippen LogP) is 3.75. The molecule has 2 aromatic carbocycles. The lowest BCUT2D eigenvalue weighted by molar-refractivity contribution is 0.531. The lowest BCUT2D eigenvalue weighted by Crippen LogP contribution is -2.33. The highest BCUT2D eigenvalue weighted by Crippen LogP contribution is 2.21. The summed E-state index contributed by atoms with van der Waals surface area (Å²) in [6.45, 7) is 5.02. The number of nitrogens with two attached hydrogens (primary N) is 1. The maximum atomic E-state index is 5.78. The van der Waals surface area contributed by atoms with Crippen molar-refractivity contribution >= 4 is 5.69 Å². The summed E-state index contributed by atoms with van der Waals surface area (Å²) in [7, 11) is 0. The fourth-order valence-corrected chi connectivity index (χ4v) is 2.10. The van der Waals surface area contributed by atoms with E-state index < -0.39 is 0 Å². The Balaban J connectivity index is 2.11. The minimum absolute atomic E-state index is 0.322. The molecule has 0 aliphatic rings. The van der Waals surface area contributed by atoms with E-state index in [1.807, 2.05) is 6.07 Å². The van der Waals surface area contributed by atoms with Crippen LogP contribution in [-0.4, -0.2) is 12.6 Å². The second kappa shape index (κ2) is 6.39. The fourth-order valence-electron chi connectivity index (χ4n) is 2.10. The summed E-state index contributed by atoms with van der Waals surface area (Å²) in [6.07, 6.45) is 0. The minimum atomic E-state index is 0.322. The molecule has 0 aliphatic heterocycles. The van der Waals surface area contributed by atoms with Crippen molar-refractivity contribution in [2.45, 2.75) is 19.9 Å². The van der Waals surface area contributed by atoms with Crippen molar-refractivity contribution in [2.75, 3.05) is 11.9 Å². The van der Waals surface area contributed by atoms with Crippen molar-refractivity contribution in [3.05, 3.63) is 54.6 Å². The van der Waals surface area contributed by atoms with E-state index in [1.165, 1.54) is 11.1 Å². The highest BCUT2D eigenvalue weighted by Gasteiger charge is 2.10. The third-order valence-electron chi connectivity index (χ3n) is 3.40. The van der Waals surface area contributed by atoms with E-state index in [0.29, 0.717) is 18.5 Å². The molecule has 0 bridgehead atoms. The number of rotatable bonds is 5. The maximum Gasteiger partial charge on any atom is 0.0406 e. The van der Waals surface area contributed by atoms with E-state index in [-0.39, 0.29) is 0 Å². The molecular formula is C17H22N2. The second-order valence-electron chi connectivity index (χ2n) is 5.17. The first-order valence-corrected chi connectivity index (χ1v) is 6.83. The van der Waals surface area contributed by atoms with Gasteiger partial charge in [-0.3, -0.25) is 0 Å². The Kier molecular flexibility index (Phi) is 4.58. The minimum Gasteiger partial charge on any atom is -0.381 e. The van der Waals surface area contributed by atoms with Gasteiger partial charge in [-0.1, -0.05) is 56.3 Å². The van der Waals surface area contributed by atoms with Crippen LogP contribution in [0.1, 0.15) is 13.8 Å². The van der Waals surface area contributed by atoms with E-state index in [2.05, 4.69) is 67.7 Å². The van der Waals surface area contributed by atoms with Gasteiger partial charge in [0.1, 0.15) is 0 Å². The third-order valence-corrected chi connectivity index (χ3v) is 3.40. The molecule has 2 nitrogen and oxygen atoms in total. The van der Waals surface area contributed by atoms with Gasteiger partial charge in [0.25, 0.3) is 0 Å². The topological polar surface area (TPSA) is 38.0 Å². The van der Waals surface area contributed by atoms with Crippen LogP contribution in [0.2, 0.25) is 0 Å². The van der Waals surface area contributed by atoms with Gasteiger partial charge in [0, 0.05) is 18.3 Å². The van der Waals surface area contributed by atoms with E-state index >= 15 is 0 Å². The molecule has 0 saturated heterocycles. The number of hydrogen-bond donors (Lipinski definition) is 2. The molecule has 0 spiro atoms. The normalized spacial score (nSPS) is 12.4. The quantitative estimate of drug-likeness (QED) is 0.853. The third kappa shape index (κ3) is 3.58. The largest absolute Gasteiger partial charge is 0.381 e. The van der Waals surface area contributed by atoms with Gasteiger partial charge in [-0.25, -0.2) is 0 Å². The van der Waals surface area contributed by atoms with Crippen LogP contribution in [0, 0.1) is 5.92 Å². The SMILES string of the molecule is CC(C)C(CN)Nc1ccc(-c2ccccc2)cc1. The Morgan fingerprint density at radius 3 is 2.00 bits per heavy atom. The summed E-state index contributed by atoms with van der Waals surface area (Å²) in [5.74, 6) is 0.527. The molecule has 0 aromatic heterocycles. The first kappa shape index (κ1) is 13.6. The van der Waals surface area contributed by atoms with Crippen molar-refractivity contribution < 1.29 is 0 Å². The average Bonchev–Trinajstić information content (AvgIpc) is 2.46. The Morgan fingerprint density at radius 1 is 0.895 bits per heavy atom. The number of benzene rings is 2. The highest BCUT2D eigenvalue weighted by molar-refractivity contribution is 5.65. The molecule has 2 heteroatoms. The van der Waals surface area contributed by atoms with E-state index in [1.54, 1.807) is 0 Å². The van der Waals surface area contributed by atoms with Crippen LogP contribution < -0.4 is 11.1 Å². The van der Waals surface area contributed by atoms with Gasteiger partial charge in [-0.2, -0.15) is 0 Å². The zero-order chi connectivity index (χ0) is 13.7. The fraction of sp³-hybridized carbons (Fsp3) is 0.294. The highest BCUT2D eigenvalue weighted by atomic mass is 14.9. The number of nitrogens with one attached hydrogen (secondary N) is 1. The van der Waals surface area contributed by atoms with Gasteiger partial charge >= 0.3 is 0 Å². The molecule has 19 heavy (non-hydrogen) atoms. The zero-order valence-electron chi connectivity index (χ0n) is 11.6. The van der Waals surface area contributed by atoms with Crippen LogP contribution in [0.3, 0.4) is 0 Å². The predicted molar refractivity (Wildman–Crippen MR) is 83.2 cm³/mol. The first-order chi connectivity index (χ1) is 9.20. The van der Waals surface area contributed by atoms with E-state index in [0.717, 1.165) is 5.69 Å². The van der Waals surface area contributed by atoms with Crippen molar-refractivity contribution in [3.63, 3.8) is 0 Å². The Morgan fingerprint density at radius 2 is 1.47 bits per heavy atom. The lowest BCUT2D eigenvalue weighted by Gasteiger charge is -2.21. The number of anilines is 1. The first-order valence-electron chi connectivity index (χ1n) is 6.83. The van der Waals surface area contributed by atoms with Crippen molar-refractivity contribution in [3.8, 4) is 11.1 Å². The monoisotopic (exact) mass is 254 g/mol. The lowest BCUT2D eigenvalue weighted by atomic mass is 10.0. The summed E-state index contributed by atoms with van der Waals surface area (Å²) < 4.78 is 0. The van der Waals surface area contributed by atoms with Crippen LogP contribution >= 0.6 is 0 Å². The van der Waals surface area contributed by atoms with Gasteiger partial charge in [-0.15, -0.1) is 0 Å². The summed E-state index contributed by atoms with van der Waals surface area (Å²) >= 11 is 0. The van der Waals surface area contributed by atoms with Gasteiger partial charge in [0.05, 0.1) is 0 Å².